The Kier molecular flexibility index (Phi) is 5.27. The van der Waals surface area contributed by atoms with Crippen LogP contribution in [-0.2, 0) is 0 Å². The van der Waals surface area contributed by atoms with Gasteiger partial charge in [0.25, 0.3) is 0 Å². The number of hydrogen-bond donors (Lipinski definition) is 1. The van der Waals surface area contributed by atoms with E-state index in [1.165, 1.54) is 83.8 Å². The highest BCUT2D eigenvalue weighted by Gasteiger charge is 2.45. The van der Waals surface area contributed by atoms with E-state index in [0.29, 0.717) is 0 Å². The van der Waals surface area contributed by atoms with Crippen molar-refractivity contribution >= 4 is 0 Å². The van der Waals surface area contributed by atoms with E-state index in [9.17, 15) is 0 Å². The lowest BCUT2D eigenvalue weighted by molar-refractivity contribution is 0.0727. The monoisotopic (exact) mass is 292 g/mol. The Bertz CT molecular complexity index is 318. The first kappa shape index (κ1) is 15.8. The highest BCUT2D eigenvalue weighted by Crippen LogP contribution is 2.50. The van der Waals surface area contributed by atoms with Crippen LogP contribution in [0.15, 0.2) is 0 Å². The smallest absolute Gasteiger partial charge is 0.0224 e. The van der Waals surface area contributed by atoms with Crippen LogP contribution >= 0.6 is 0 Å². The van der Waals surface area contributed by atoms with Crippen molar-refractivity contribution in [3.63, 3.8) is 0 Å². The third kappa shape index (κ3) is 3.82. The molecule has 2 atom stereocenters. The highest BCUT2D eigenvalue weighted by atomic mass is 15.2. The molecular formula is C19H36N2. The standard InChI is InChI=1S/C19H36N2/c1-3-10-19(11-12-19)15-21-14-18(20-13-17(21)4-2)16-8-6-5-7-9-16/h16-18,20H,3-15H2,1-2H3. The summed E-state index contributed by atoms with van der Waals surface area (Å²) in [5.41, 5.74) is 0.719. The van der Waals surface area contributed by atoms with Gasteiger partial charge < -0.3 is 5.32 Å². The van der Waals surface area contributed by atoms with Crippen molar-refractivity contribution in [3.8, 4) is 0 Å². The minimum atomic E-state index is 0.719. The number of piperazine rings is 1. The maximum Gasteiger partial charge on any atom is 0.0224 e. The topological polar surface area (TPSA) is 15.3 Å². The zero-order chi connectivity index (χ0) is 14.7. The van der Waals surface area contributed by atoms with Gasteiger partial charge in [-0.1, -0.05) is 39.5 Å². The van der Waals surface area contributed by atoms with Crippen LogP contribution in [0.2, 0.25) is 0 Å². The molecule has 0 bridgehead atoms. The zero-order valence-corrected chi connectivity index (χ0v) is 14.4. The summed E-state index contributed by atoms with van der Waals surface area (Å²) in [5.74, 6) is 0.959. The molecule has 0 aromatic heterocycles. The van der Waals surface area contributed by atoms with Crippen LogP contribution in [0.3, 0.4) is 0 Å². The Morgan fingerprint density at radius 2 is 1.86 bits per heavy atom. The van der Waals surface area contributed by atoms with Crippen LogP contribution < -0.4 is 5.32 Å². The fourth-order valence-corrected chi connectivity index (χ4v) is 4.96. The van der Waals surface area contributed by atoms with E-state index in [2.05, 4.69) is 24.1 Å². The van der Waals surface area contributed by atoms with Gasteiger partial charge in [-0.3, -0.25) is 4.90 Å². The van der Waals surface area contributed by atoms with Gasteiger partial charge in [-0.05, 0) is 49.9 Å². The van der Waals surface area contributed by atoms with E-state index in [1.807, 2.05) is 0 Å². The van der Waals surface area contributed by atoms with Gasteiger partial charge in [0, 0.05) is 31.7 Å². The fourth-order valence-electron chi connectivity index (χ4n) is 4.96. The summed E-state index contributed by atoms with van der Waals surface area (Å²) in [4.78, 5) is 2.89. The largest absolute Gasteiger partial charge is 0.311 e. The molecule has 0 amide bonds. The van der Waals surface area contributed by atoms with Gasteiger partial charge in [0.05, 0.1) is 0 Å². The van der Waals surface area contributed by atoms with Crippen molar-refractivity contribution in [1.82, 2.24) is 10.2 Å². The molecule has 1 saturated heterocycles. The van der Waals surface area contributed by atoms with Crippen LogP contribution in [-0.4, -0.2) is 36.6 Å². The number of nitrogens with one attached hydrogen (secondary N) is 1. The van der Waals surface area contributed by atoms with E-state index in [0.717, 1.165) is 23.4 Å². The second-order valence-corrected chi connectivity index (χ2v) is 8.15. The quantitative estimate of drug-likeness (QED) is 0.789. The lowest BCUT2D eigenvalue weighted by atomic mass is 9.82. The molecule has 2 heteroatoms. The molecule has 2 unspecified atom stereocenters. The summed E-state index contributed by atoms with van der Waals surface area (Å²) in [7, 11) is 0. The van der Waals surface area contributed by atoms with Crippen molar-refractivity contribution in [1.29, 1.82) is 0 Å². The molecule has 0 aromatic rings. The Morgan fingerprint density at radius 3 is 2.48 bits per heavy atom. The molecule has 2 saturated carbocycles. The molecule has 3 aliphatic rings. The van der Waals surface area contributed by atoms with Gasteiger partial charge in [-0.15, -0.1) is 0 Å². The second-order valence-electron chi connectivity index (χ2n) is 8.15. The summed E-state index contributed by atoms with van der Waals surface area (Å²) in [6.45, 7) is 8.69. The van der Waals surface area contributed by atoms with Crippen molar-refractivity contribution < 1.29 is 0 Å². The van der Waals surface area contributed by atoms with Gasteiger partial charge in [-0.2, -0.15) is 0 Å². The lowest BCUT2D eigenvalue weighted by Gasteiger charge is -2.45. The average molecular weight is 293 g/mol. The van der Waals surface area contributed by atoms with E-state index < -0.39 is 0 Å². The minimum absolute atomic E-state index is 0.719. The zero-order valence-electron chi connectivity index (χ0n) is 14.4. The Labute approximate surface area is 132 Å². The molecule has 3 fully saturated rings. The SMILES string of the molecule is CCCC1(CN2CC(C3CCCCC3)NCC2CC)CC1. The van der Waals surface area contributed by atoms with Gasteiger partial charge in [0.1, 0.15) is 0 Å². The minimum Gasteiger partial charge on any atom is -0.311 e. The van der Waals surface area contributed by atoms with Crippen LogP contribution in [0, 0.1) is 11.3 Å². The van der Waals surface area contributed by atoms with Crippen molar-refractivity contribution in [2.45, 2.75) is 90.1 Å². The summed E-state index contributed by atoms with van der Waals surface area (Å²) in [5, 5.41) is 3.92. The molecule has 0 radical (unpaired) electrons. The number of rotatable bonds is 6. The average Bonchev–Trinajstić information content (AvgIpc) is 3.28. The number of nitrogens with zero attached hydrogens (tertiary/aromatic N) is 1. The summed E-state index contributed by atoms with van der Waals surface area (Å²) < 4.78 is 0. The Morgan fingerprint density at radius 1 is 1.10 bits per heavy atom. The van der Waals surface area contributed by atoms with Crippen molar-refractivity contribution in [2.24, 2.45) is 11.3 Å². The molecule has 3 rings (SSSR count). The predicted octanol–water partition coefficient (Wildman–Crippen LogP) is 4.20. The first-order valence-electron chi connectivity index (χ1n) is 9.74. The van der Waals surface area contributed by atoms with E-state index >= 15 is 0 Å². The predicted molar refractivity (Wildman–Crippen MR) is 90.6 cm³/mol. The summed E-state index contributed by atoms with van der Waals surface area (Å²) in [6, 6.07) is 1.57. The van der Waals surface area contributed by atoms with Gasteiger partial charge in [0.2, 0.25) is 0 Å². The molecule has 21 heavy (non-hydrogen) atoms. The first-order valence-corrected chi connectivity index (χ1v) is 9.74. The maximum atomic E-state index is 3.92. The molecule has 2 nitrogen and oxygen atoms in total. The molecule has 0 spiro atoms. The van der Waals surface area contributed by atoms with Crippen LogP contribution in [0.25, 0.3) is 0 Å². The van der Waals surface area contributed by atoms with Crippen molar-refractivity contribution in [3.05, 3.63) is 0 Å². The van der Waals surface area contributed by atoms with Crippen LogP contribution in [0.5, 0.6) is 0 Å². The number of hydrogen-bond acceptors (Lipinski definition) is 2. The molecule has 1 heterocycles. The van der Waals surface area contributed by atoms with Gasteiger partial charge >= 0.3 is 0 Å². The Balaban J connectivity index is 1.59. The van der Waals surface area contributed by atoms with E-state index in [-0.39, 0.29) is 0 Å². The van der Waals surface area contributed by atoms with Crippen molar-refractivity contribution in [2.75, 3.05) is 19.6 Å². The highest BCUT2D eigenvalue weighted by molar-refractivity contribution is 4.99. The summed E-state index contributed by atoms with van der Waals surface area (Å²) in [6.07, 6.45) is 14.5. The van der Waals surface area contributed by atoms with E-state index in [4.69, 9.17) is 0 Å². The Hall–Kier alpha value is -0.0800. The normalized spacial score (nSPS) is 34.0. The second kappa shape index (κ2) is 7.00. The molecule has 122 valence electrons. The molecule has 0 aromatic carbocycles. The summed E-state index contributed by atoms with van der Waals surface area (Å²) >= 11 is 0. The molecular weight excluding hydrogens is 256 g/mol. The molecule has 1 aliphatic heterocycles. The van der Waals surface area contributed by atoms with Crippen LogP contribution in [0.1, 0.15) is 78.1 Å². The molecule has 2 aliphatic carbocycles. The van der Waals surface area contributed by atoms with E-state index in [1.54, 1.807) is 0 Å². The third-order valence-corrected chi connectivity index (χ3v) is 6.53. The third-order valence-electron chi connectivity index (χ3n) is 6.53. The van der Waals surface area contributed by atoms with Gasteiger partial charge in [0.15, 0.2) is 0 Å². The molecule has 1 N–H and O–H groups in total. The first-order chi connectivity index (χ1) is 10.3. The lowest BCUT2D eigenvalue weighted by Crippen LogP contribution is -2.59. The maximum absolute atomic E-state index is 3.92. The van der Waals surface area contributed by atoms with Crippen LogP contribution in [0.4, 0.5) is 0 Å². The van der Waals surface area contributed by atoms with Gasteiger partial charge in [-0.25, -0.2) is 0 Å². The fraction of sp³-hybridized carbons (Fsp3) is 1.00.